The van der Waals surface area contributed by atoms with Gasteiger partial charge >= 0.3 is 0 Å². The van der Waals surface area contributed by atoms with E-state index < -0.39 is 0 Å². The molecule has 2 aliphatic rings. The first-order valence-corrected chi connectivity index (χ1v) is 6.28. The molecule has 2 fully saturated rings. The number of hydrogen-bond donors (Lipinski definition) is 1. The Labute approximate surface area is 97.0 Å². The molecule has 2 atom stereocenters. The van der Waals surface area contributed by atoms with Crippen molar-refractivity contribution in [3.63, 3.8) is 0 Å². The van der Waals surface area contributed by atoms with Gasteiger partial charge in [-0.15, -0.1) is 0 Å². The fourth-order valence-corrected chi connectivity index (χ4v) is 3.02. The Morgan fingerprint density at radius 3 is 2.88 bits per heavy atom. The molecule has 3 rings (SSSR count). The zero-order valence-electron chi connectivity index (χ0n) is 9.61. The lowest BCUT2D eigenvalue weighted by Gasteiger charge is -2.33. The minimum absolute atomic E-state index is 0.138. The van der Waals surface area contributed by atoms with Gasteiger partial charge in [0, 0.05) is 12.5 Å². The molecule has 2 nitrogen and oxygen atoms in total. The lowest BCUT2D eigenvalue weighted by atomic mass is 9.85. The molecule has 2 saturated heterocycles. The molecule has 0 amide bonds. The van der Waals surface area contributed by atoms with Crippen LogP contribution in [0, 0.1) is 0 Å². The minimum atomic E-state index is 0.138. The van der Waals surface area contributed by atoms with E-state index in [1.54, 1.807) is 0 Å². The monoisotopic (exact) mass is 217 g/mol. The molecule has 2 aliphatic heterocycles. The minimum Gasteiger partial charge on any atom is -0.373 e. The van der Waals surface area contributed by atoms with Crippen molar-refractivity contribution in [1.82, 2.24) is 5.32 Å². The summed E-state index contributed by atoms with van der Waals surface area (Å²) in [7, 11) is 0. The molecule has 0 unspecified atom stereocenters. The molecule has 0 aromatic heterocycles. The van der Waals surface area contributed by atoms with E-state index >= 15 is 0 Å². The third kappa shape index (κ3) is 1.87. The van der Waals surface area contributed by atoms with Crippen molar-refractivity contribution in [1.29, 1.82) is 0 Å². The molecule has 0 aliphatic carbocycles. The molecule has 1 N–H and O–H groups in total. The fraction of sp³-hybridized carbons (Fsp3) is 0.571. The summed E-state index contributed by atoms with van der Waals surface area (Å²) in [6, 6.07) is 10.8. The zero-order chi connectivity index (χ0) is 10.8. The highest BCUT2D eigenvalue weighted by Crippen LogP contribution is 2.39. The molecule has 0 saturated carbocycles. The Morgan fingerprint density at radius 1 is 1.25 bits per heavy atom. The normalized spacial score (nSPS) is 34.4. The molecule has 2 heteroatoms. The van der Waals surface area contributed by atoms with Crippen LogP contribution in [0.15, 0.2) is 30.3 Å². The number of piperidine rings is 1. The van der Waals surface area contributed by atoms with Crippen LogP contribution in [-0.2, 0) is 4.74 Å². The third-order valence-corrected chi connectivity index (χ3v) is 3.91. The number of hydrogen-bond acceptors (Lipinski definition) is 2. The topological polar surface area (TPSA) is 21.3 Å². The summed E-state index contributed by atoms with van der Waals surface area (Å²) in [6.07, 6.45) is 3.66. The van der Waals surface area contributed by atoms with Crippen molar-refractivity contribution < 1.29 is 4.74 Å². The summed E-state index contributed by atoms with van der Waals surface area (Å²) >= 11 is 0. The molecule has 2 heterocycles. The largest absolute Gasteiger partial charge is 0.373 e. The smallest absolute Gasteiger partial charge is 0.0813 e. The van der Waals surface area contributed by atoms with Gasteiger partial charge in [-0.25, -0.2) is 0 Å². The summed E-state index contributed by atoms with van der Waals surface area (Å²) in [5, 5.41) is 3.46. The van der Waals surface area contributed by atoms with Crippen molar-refractivity contribution in [2.75, 3.05) is 19.7 Å². The summed E-state index contributed by atoms with van der Waals surface area (Å²) in [4.78, 5) is 0. The Balaban J connectivity index is 1.73. The van der Waals surface area contributed by atoms with E-state index in [0.717, 1.165) is 19.7 Å². The average Bonchev–Trinajstić information content (AvgIpc) is 2.75. The Kier molecular flexibility index (Phi) is 2.70. The lowest BCUT2D eigenvalue weighted by Crippen LogP contribution is -2.45. The van der Waals surface area contributed by atoms with Gasteiger partial charge in [0.05, 0.1) is 12.2 Å². The predicted molar refractivity (Wildman–Crippen MR) is 64.6 cm³/mol. The second kappa shape index (κ2) is 4.19. The van der Waals surface area contributed by atoms with Gasteiger partial charge in [0.25, 0.3) is 0 Å². The van der Waals surface area contributed by atoms with Crippen LogP contribution in [0.1, 0.15) is 30.7 Å². The highest BCUT2D eigenvalue weighted by Gasteiger charge is 2.41. The Hall–Kier alpha value is -0.860. The molecule has 86 valence electrons. The third-order valence-electron chi connectivity index (χ3n) is 3.91. The van der Waals surface area contributed by atoms with E-state index in [9.17, 15) is 0 Å². The molecule has 1 spiro atoms. The zero-order valence-corrected chi connectivity index (χ0v) is 9.61. The van der Waals surface area contributed by atoms with Crippen LogP contribution in [0.3, 0.4) is 0 Å². The van der Waals surface area contributed by atoms with Crippen LogP contribution in [0.2, 0.25) is 0 Å². The van der Waals surface area contributed by atoms with E-state index in [0.29, 0.717) is 5.92 Å². The first-order chi connectivity index (χ1) is 7.88. The van der Waals surface area contributed by atoms with E-state index in [-0.39, 0.29) is 5.60 Å². The summed E-state index contributed by atoms with van der Waals surface area (Å²) in [5.41, 5.74) is 1.57. The van der Waals surface area contributed by atoms with Crippen molar-refractivity contribution in [3.8, 4) is 0 Å². The maximum Gasteiger partial charge on any atom is 0.0813 e. The molecular weight excluding hydrogens is 198 g/mol. The van der Waals surface area contributed by atoms with Gasteiger partial charge in [-0.3, -0.25) is 0 Å². The second-order valence-corrected chi connectivity index (χ2v) is 5.09. The van der Waals surface area contributed by atoms with Crippen LogP contribution >= 0.6 is 0 Å². The lowest BCUT2D eigenvalue weighted by molar-refractivity contribution is -0.0139. The fourth-order valence-electron chi connectivity index (χ4n) is 3.02. The highest BCUT2D eigenvalue weighted by molar-refractivity contribution is 5.21. The summed E-state index contributed by atoms with van der Waals surface area (Å²) in [6.45, 7) is 3.09. The van der Waals surface area contributed by atoms with Crippen molar-refractivity contribution in [2.45, 2.75) is 30.8 Å². The van der Waals surface area contributed by atoms with Crippen molar-refractivity contribution in [2.24, 2.45) is 0 Å². The molecule has 1 aromatic rings. The van der Waals surface area contributed by atoms with Gasteiger partial charge in [0.2, 0.25) is 0 Å². The SMILES string of the molecule is c1ccc([C@H]2CO[C@@]3(CCCNC3)C2)cc1. The maximum absolute atomic E-state index is 6.09. The Morgan fingerprint density at radius 2 is 2.12 bits per heavy atom. The van der Waals surface area contributed by atoms with E-state index in [2.05, 4.69) is 35.6 Å². The number of rotatable bonds is 1. The van der Waals surface area contributed by atoms with Gasteiger partial charge in [-0.2, -0.15) is 0 Å². The van der Waals surface area contributed by atoms with Gasteiger partial charge in [-0.1, -0.05) is 30.3 Å². The first-order valence-electron chi connectivity index (χ1n) is 6.28. The van der Waals surface area contributed by atoms with E-state index in [1.165, 1.54) is 24.8 Å². The Bertz CT molecular complexity index is 343. The average molecular weight is 217 g/mol. The second-order valence-electron chi connectivity index (χ2n) is 5.09. The van der Waals surface area contributed by atoms with Crippen molar-refractivity contribution in [3.05, 3.63) is 35.9 Å². The van der Waals surface area contributed by atoms with Crippen molar-refractivity contribution >= 4 is 0 Å². The molecule has 0 bridgehead atoms. The van der Waals surface area contributed by atoms with Gasteiger partial charge < -0.3 is 10.1 Å². The quantitative estimate of drug-likeness (QED) is 0.779. The highest BCUT2D eigenvalue weighted by atomic mass is 16.5. The number of nitrogens with one attached hydrogen (secondary N) is 1. The van der Waals surface area contributed by atoms with Crippen LogP contribution in [0.4, 0.5) is 0 Å². The van der Waals surface area contributed by atoms with E-state index in [4.69, 9.17) is 4.74 Å². The number of benzene rings is 1. The molecular formula is C14H19NO. The van der Waals surface area contributed by atoms with Gasteiger partial charge in [0.1, 0.15) is 0 Å². The van der Waals surface area contributed by atoms with Crippen LogP contribution < -0.4 is 5.32 Å². The number of ether oxygens (including phenoxy) is 1. The van der Waals surface area contributed by atoms with E-state index in [1.807, 2.05) is 0 Å². The summed E-state index contributed by atoms with van der Waals surface area (Å²) in [5.74, 6) is 0.598. The van der Waals surface area contributed by atoms with Crippen LogP contribution in [-0.4, -0.2) is 25.3 Å². The standard InChI is InChI=1S/C14H19NO/c1-2-5-12(6-3-1)13-9-14(16-10-13)7-4-8-15-11-14/h1-3,5-6,13,15H,4,7-11H2/t13-,14+/m1/s1. The molecule has 16 heavy (non-hydrogen) atoms. The van der Waals surface area contributed by atoms with Crippen LogP contribution in [0.25, 0.3) is 0 Å². The van der Waals surface area contributed by atoms with Gasteiger partial charge in [-0.05, 0) is 31.4 Å². The molecule has 0 radical (unpaired) electrons. The molecule has 1 aromatic carbocycles. The van der Waals surface area contributed by atoms with Gasteiger partial charge in [0.15, 0.2) is 0 Å². The maximum atomic E-state index is 6.09. The van der Waals surface area contributed by atoms with Crippen LogP contribution in [0.5, 0.6) is 0 Å². The predicted octanol–water partition coefficient (Wildman–Crippen LogP) is 2.31. The summed E-state index contributed by atoms with van der Waals surface area (Å²) < 4.78 is 6.09. The first kappa shape index (κ1) is 10.3.